The molecule has 23 heavy (non-hydrogen) atoms. The van der Waals surface area contributed by atoms with Crippen molar-refractivity contribution in [2.45, 2.75) is 38.3 Å². The van der Waals surface area contributed by atoms with Gasteiger partial charge in [0.2, 0.25) is 5.91 Å². The lowest BCUT2D eigenvalue weighted by molar-refractivity contribution is -0.143. The maximum absolute atomic E-state index is 12.3. The highest BCUT2D eigenvalue weighted by Gasteiger charge is 2.32. The third kappa shape index (κ3) is 4.10. The molecule has 1 aromatic rings. The summed E-state index contributed by atoms with van der Waals surface area (Å²) in [6.45, 7) is 2.56. The van der Waals surface area contributed by atoms with Crippen LogP contribution in [0.15, 0.2) is 30.3 Å². The first-order chi connectivity index (χ1) is 11.2. The van der Waals surface area contributed by atoms with Crippen molar-refractivity contribution in [3.63, 3.8) is 0 Å². The zero-order valence-corrected chi connectivity index (χ0v) is 13.4. The van der Waals surface area contributed by atoms with E-state index < -0.39 is 0 Å². The number of carbonyl (C=O) groups excluding carboxylic acids is 2. The number of rotatable bonds is 4. The molecule has 0 aromatic heterocycles. The summed E-state index contributed by atoms with van der Waals surface area (Å²) < 4.78 is 5.46. The van der Waals surface area contributed by atoms with Crippen molar-refractivity contribution >= 4 is 11.8 Å². The molecule has 0 saturated carbocycles. The molecule has 3 rings (SSSR count). The average molecular weight is 316 g/mol. The number of benzene rings is 1. The fourth-order valence-electron chi connectivity index (χ4n) is 3.27. The number of nitrogens with one attached hydrogen (secondary N) is 1. The van der Waals surface area contributed by atoms with Crippen LogP contribution in [0.3, 0.4) is 0 Å². The van der Waals surface area contributed by atoms with Crippen molar-refractivity contribution in [1.82, 2.24) is 10.2 Å². The molecule has 1 N–H and O–H groups in total. The molecule has 0 radical (unpaired) electrons. The number of piperidine rings is 1. The first kappa shape index (κ1) is 16.0. The average Bonchev–Trinajstić information content (AvgIpc) is 3.15. The van der Waals surface area contributed by atoms with E-state index in [1.54, 1.807) is 0 Å². The van der Waals surface area contributed by atoms with Crippen LogP contribution in [-0.2, 0) is 20.9 Å². The van der Waals surface area contributed by atoms with Crippen molar-refractivity contribution in [3.8, 4) is 0 Å². The van der Waals surface area contributed by atoms with Crippen LogP contribution < -0.4 is 5.32 Å². The second-order valence-electron chi connectivity index (χ2n) is 6.30. The molecule has 2 aliphatic heterocycles. The predicted octanol–water partition coefficient (Wildman–Crippen LogP) is 1.72. The smallest absolute Gasteiger partial charge is 0.251 e. The highest BCUT2D eigenvalue weighted by atomic mass is 16.5. The van der Waals surface area contributed by atoms with Gasteiger partial charge in [-0.2, -0.15) is 0 Å². The highest BCUT2D eigenvalue weighted by molar-refractivity contribution is 5.82. The lowest BCUT2D eigenvalue weighted by atomic mass is 9.95. The molecule has 0 aliphatic carbocycles. The molecule has 0 unspecified atom stereocenters. The van der Waals surface area contributed by atoms with Crippen LogP contribution in [0.4, 0.5) is 0 Å². The van der Waals surface area contributed by atoms with Gasteiger partial charge in [0.05, 0.1) is 0 Å². The molecule has 2 saturated heterocycles. The number of likely N-dealkylation sites (tertiary alicyclic amines) is 1. The largest absolute Gasteiger partial charge is 0.368 e. The van der Waals surface area contributed by atoms with Crippen molar-refractivity contribution in [2.75, 3.05) is 19.7 Å². The SMILES string of the molecule is O=C(NCc1ccccc1)C1CCN(C(=O)[C@H]2CCCO2)CC1. The lowest BCUT2D eigenvalue weighted by Gasteiger charge is -2.32. The Morgan fingerprint density at radius 2 is 1.87 bits per heavy atom. The topological polar surface area (TPSA) is 58.6 Å². The standard InChI is InChI=1S/C18H24N2O3/c21-17(19-13-14-5-2-1-3-6-14)15-8-10-20(11-9-15)18(22)16-7-4-12-23-16/h1-3,5-6,15-16H,4,7-13H2,(H,19,21)/t16-/m1/s1. The molecule has 5 nitrogen and oxygen atoms in total. The lowest BCUT2D eigenvalue weighted by Crippen LogP contribution is -2.46. The molecule has 5 heteroatoms. The second kappa shape index (κ2) is 7.59. The maximum Gasteiger partial charge on any atom is 0.251 e. The molecule has 1 atom stereocenters. The Labute approximate surface area is 137 Å². The van der Waals surface area contributed by atoms with Gasteiger partial charge in [-0.15, -0.1) is 0 Å². The number of carbonyl (C=O) groups is 2. The quantitative estimate of drug-likeness (QED) is 0.920. The van der Waals surface area contributed by atoms with Crippen LogP contribution in [0.25, 0.3) is 0 Å². The fourth-order valence-corrected chi connectivity index (χ4v) is 3.27. The van der Waals surface area contributed by atoms with Gasteiger partial charge in [-0.3, -0.25) is 9.59 Å². The van der Waals surface area contributed by atoms with Gasteiger partial charge in [0.15, 0.2) is 0 Å². The molecule has 124 valence electrons. The van der Waals surface area contributed by atoms with Gasteiger partial charge in [-0.25, -0.2) is 0 Å². The Bertz CT molecular complexity index is 532. The van der Waals surface area contributed by atoms with Crippen LogP contribution >= 0.6 is 0 Å². The number of amides is 2. The van der Waals surface area contributed by atoms with E-state index in [-0.39, 0.29) is 23.8 Å². The summed E-state index contributed by atoms with van der Waals surface area (Å²) in [4.78, 5) is 26.4. The molecule has 2 fully saturated rings. The predicted molar refractivity (Wildman–Crippen MR) is 86.6 cm³/mol. The summed E-state index contributed by atoms with van der Waals surface area (Å²) in [6.07, 6.45) is 3.02. The highest BCUT2D eigenvalue weighted by Crippen LogP contribution is 2.21. The van der Waals surface area contributed by atoms with Crippen molar-refractivity contribution in [3.05, 3.63) is 35.9 Å². The minimum Gasteiger partial charge on any atom is -0.368 e. The zero-order chi connectivity index (χ0) is 16.1. The van der Waals surface area contributed by atoms with E-state index in [1.165, 1.54) is 0 Å². The molecule has 1 aromatic carbocycles. The van der Waals surface area contributed by atoms with Crippen molar-refractivity contribution in [2.24, 2.45) is 5.92 Å². The van der Waals surface area contributed by atoms with E-state index in [0.717, 1.165) is 31.2 Å². The summed E-state index contributed by atoms with van der Waals surface area (Å²) in [6, 6.07) is 9.91. The van der Waals surface area contributed by atoms with Gasteiger partial charge >= 0.3 is 0 Å². The van der Waals surface area contributed by atoms with E-state index >= 15 is 0 Å². The fraction of sp³-hybridized carbons (Fsp3) is 0.556. The number of hydrogen-bond donors (Lipinski definition) is 1. The summed E-state index contributed by atoms with van der Waals surface area (Å²) >= 11 is 0. The van der Waals surface area contributed by atoms with Crippen LogP contribution in [-0.4, -0.2) is 42.5 Å². The monoisotopic (exact) mass is 316 g/mol. The Balaban J connectivity index is 1.43. The van der Waals surface area contributed by atoms with Crippen LogP contribution in [0.5, 0.6) is 0 Å². The Hall–Kier alpha value is -1.88. The van der Waals surface area contributed by atoms with E-state index in [9.17, 15) is 9.59 Å². The normalized spacial score (nSPS) is 22.1. The van der Waals surface area contributed by atoms with Gasteiger partial charge in [-0.05, 0) is 31.2 Å². The number of ether oxygens (including phenoxy) is 1. The molecule has 0 bridgehead atoms. The van der Waals surface area contributed by atoms with E-state index in [0.29, 0.717) is 26.2 Å². The van der Waals surface area contributed by atoms with Gasteiger partial charge in [0.25, 0.3) is 5.91 Å². The Morgan fingerprint density at radius 3 is 2.52 bits per heavy atom. The van der Waals surface area contributed by atoms with Gasteiger partial charge in [0.1, 0.15) is 6.10 Å². The van der Waals surface area contributed by atoms with E-state index in [2.05, 4.69) is 5.32 Å². The van der Waals surface area contributed by atoms with Crippen molar-refractivity contribution < 1.29 is 14.3 Å². The van der Waals surface area contributed by atoms with Crippen molar-refractivity contribution in [1.29, 1.82) is 0 Å². The summed E-state index contributed by atoms with van der Waals surface area (Å²) in [7, 11) is 0. The number of nitrogens with zero attached hydrogens (tertiary/aromatic N) is 1. The maximum atomic E-state index is 12.3. The molecule has 2 amide bonds. The number of hydrogen-bond acceptors (Lipinski definition) is 3. The molecule has 0 spiro atoms. The summed E-state index contributed by atoms with van der Waals surface area (Å²) in [5.74, 6) is 0.205. The minimum atomic E-state index is -0.251. The molecular formula is C18H24N2O3. The summed E-state index contributed by atoms with van der Waals surface area (Å²) in [5, 5.41) is 3.00. The molecule has 2 aliphatic rings. The second-order valence-corrected chi connectivity index (χ2v) is 6.30. The van der Waals surface area contributed by atoms with Crippen LogP contribution in [0, 0.1) is 5.92 Å². The van der Waals surface area contributed by atoms with E-state index in [1.807, 2.05) is 35.2 Å². The third-order valence-corrected chi connectivity index (χ3v) is 4.69. The van der Waals surface area contributed by atoms with Gasteiger partial charge in [0, 0.05) is 32.2 Å². The van der Waals surface area contributed by atoms with Gasteiger partial charge in [-0.1, -0.05) is 30.3 Å². The molecule has 2 heterocycles. The first-order valence-corrected chi connectivity index (χ1v) is 8.46. The van der Waals surface area contributed by atoms with Gasteiger partial charge < -0.3 is 15.0 Å². The first-order valence-electron chi connectivity index (χ1n) is 8.46. The minimum absolute atomic E-state index is 0.00672. The molecular weight excluding hydrogens is 292 g/mol. The Kier molecular flexibility index (Phi) is 5.28. The third-order valence-electron chi connectivity index (χ3n) is 4.69. The van der Waals surface area contributed by atoms with Crippen LogP contribution in [0.1, 0.15) is 31.2 Å². The summed E-state index contributed by atoms with van der Waals surface area (Å²) in [5.41, 5.74) is 1.10. The zero-order valence-electron chi connectivity index (χ0n) is 13.4. The van der Waals surface area contributed by atoms with Crippen LogP contribution in [0.2, 0.25) is 0 Å². The van der Waals surface area contributed by atoms with E-state index in [4.69, 9.17) is 4.74 Å². The Morgan fingerprint density at radius 1 is 1.13 bits per heavy atom.